The fourth-order valence-corrected chi connectivity index (χ4v) is 4.79. The van der Waals surface area contributed by atoms with Crippen LogP contribution < -0.4 is 5.59 Å². The molecule has 0 saturated carbocycles. The number of hydrogen-bond acceptors (Lipinski definition) is 5. The quantitative estimate of drug-likeness (QED) is 0.325. The Hall–Kier alpha value is -4.39. The Morgan fingerprint density at radius 2 is 1.06 bits per heavy atom. The lowest BCUT2D eigenvalue weighted by Gasteiger charge is -2.10. The molecule has 0 aliphatic heterocycles. The van der Waals surface area contributed by atoms with E-state index >= 15 is 0 Å². The minimum absolute atomic E-state index is 0.173. The lowest BCUT2D eigenvalue weighted by Crippen LogP contribution is -2.33. The molecule has 0 aliphatic rings. The summed E-state index contributed by atoms with van der Waals surface area (Å²) in [6, 6.07) is 31.5. The SMILES string of the molecule is OB(O)c1cc(-c2ccc3c(c2)oc2ccccc23)cc(-c2ccc3c(c2)oc2ccccc23)n1. The lowest BCUT2D eigenvalue weighted by molar-refractivity contribution is 0.424. The van der Waals surface area contributed by atoms with Gasteiger partial charge in [0, 0.05) is 27.1 Å². The third-order valence-corrected chi connectivity index (χ3v) is 6.50. The Balaban J connectivity index is 1.39. The molecule has 0 atom stereocenters. The van der Waals surface area contributed by atoms with E-state index in [-0.39, 0.29) is 5.59 Å². The lowest BCUT2D eigenvalue weighted by atomic mass is 9.83. The summed E-state index contributed by atoms with van der Waals surface area (Å²) in [7, 11) is -1.70. The van der Waals surface area contributed by atoms with Crippen LogP contribution in [0.15, 0.2) is 106 Å². The van der Waals surface area contributed by atoms with Crippen LogP contribution in [0.3, 0.4) is 0 Å². The third-order valence-electron chi connectivity index (χ3n) is 6.50. The van der Waals surface area contributed by atoms with Crippen LogP contribution in [-0.4, -0.2) is 22.2 Å². The molecule has 7 aromatic rings. The highest BCUT2D eigenvalue weighted by atomic mass is 16.4. The average molecular weight is 455 g/mol. The molecule has 0 fully saturated rings. The average Bonchev–Trinajstić information content (AvgIpc) is 3.45. The first-order chi connectivity index (χ1) is 17.1. The standard InChI is InChI=1S/C29H18BNO4/c32-30(33)29-16-19(17-9-11-22-20-5-1-3-7-25(20)34-27(22)14-17)13-24(31-29)18-10-12-23-21-6-2-4-8-26(21)35-28(23)15-18/h1-16,32-33H. The summed E-state index contributed by atoms with van der Waals surface area (Å²) in [5.41, 5.74) is 6.52. The van der Waals surface area contributed by atoms with Gasteiger partial charge in [0.1, 0.15) is 22.3 Å². The summed E-state index contributed by atoms with van der Waals surface area (Å²) in [6.45, 7) is 0. The van der Waals surface area contributed by atoms with Crippen LogP contribution >= 0.6 is 0 Å². The zero-order valence-corrected chi connectivity index (χ0v) is 18.5. The van der Waals surface area contributed by atoms with Gasteiger partial charge in [-0.15, -0.1) is 0 Å². The molecule has 4 aromatic carbocycles. The summed E-state index contributed by atoms with van der Waals surface area (Å²) in [5.74, 6) is 0. The summed E-state index contributed by atoms with van der Waals surface area (Å²) in [5, 5.41) is 24.1. The fourth-order valence-electron chi connectivity index (χ4n) is 4.79. The van der Waals surface area contributed by atoms with E-state index in [1.165, 1.54) is 0 Å². The van der Waals surface area contributed by atoms with Crippen LogP contribution in [0.2, 0.25) is 0 Å². The maximum Gasteiger partial charge on any atom is 0.508 e. The second-order valence-electron chi connectivity index (χ2n) is 8.66. The van der Waals surface area contributed by atoms with E-state index in [9.17, 15) is 10.0 Å². The second kappa shape index (κ2) is 7.57. The highest BCUT2D eigenvalue weighted by Gasteiger charge is 2.18. The number of aromatic nitrogens is 1. The van der Waals surface area contributed by atoms with Gasteiger partial charge in [0.2, 0.25) is 0 Å². The predicted molar refractivity (Wildman–Crippen MR) is 139 cm³/mol. The summed E-state index contributed by atoms with van der Waals surface area (Å²) in [6.07, 6.45) is 0. The molecular formula is C29H18BNO4. The Labute approximate surface area is 200 Å². The van der Waals surface area contributed by atoms with Gasteiger partial charge in [-0.1, -0.05) is 48.5 Å². The van der Waals surface area contributed by atoms with E-state index in [4.69, 9.17) is 8.83 Å². The van der Waals surface area contributed by atoms with Crippen molar-refractivity contribution in [2.45, 2.75) is 0 Å². The van der Waals surface area contributed by atoms with Crippen molar-refractivity contribution >= 4 is 56.6 Å². The molecule has 5 nitrogen and oxygen atoms in total. The molecule has 0 bridgehead atoms. The van der Waals surface area contributed by atoms with Crippen LogP contribution in [0.5, 0.6) is 0 Å². The van der Waals surface area contributed by atoms with E-state index in [0.717, 1.165) is 60.6 Å². The predicted octanol–water partition coefficient (Wildman–Crippen LogP) is 5.89. The van der Waals surface area contributed by atoms with Crippen LogP contribution in [0.1, 0.15) is 0 Å². The van der Waals surface area contributed by atoms with Crippen molar-refractivity contribution in [2.24, 2.45) is 0 Å². The number of hydrogen-bond donors (Lipinski definition) is 2. The normalized spacial score (nSPS) is 11.7. The number of nitrogens with zero attached hydrogens (tertiary/aromatic N) is 1. The first-order valence-corrected chi connectivity index (χ1v) is 11.4. The zero-order chi connectivity index (χ0) is 23.5. The molecule has 35 heavy (non-hydrogen) atoms. The zero-order valence-electron chi connectivity index (χ0n) is 18.5. The minimum atomic E-state index is -1.70. The summed E-state index contributed by atoms with van der Waals surface area (Å²) >= 11 is 0. The van der Waals surface area contributed by atoms with Crippen molar-refractivity contribution in [1.82, 2.24) is 4.98 Å². The first kappa shape index (κ1) is 20.0. The Morgan fingerprint density at radius 3 is 1.69 bits per heavy atom. The van der Waals surface area contributed by atoms with Crippen LogP contribution in [0.25, 0.3) is 66.3 Å². The van der Waals surface area contributed by atoms with Gasteiger partial charge >= 0.3 is 7.12 Å². The van der Waals surface area contributed by atoms with Crippen LogP contribution in [-0.2, 0) is 0 Å². The molecule has 0 amide bonds. The smallest absolute Gasteiger partial charge is 0.456 e. The van der Waals surface area contributed by atoms with Gasteiger partial charge in [0.05, 0.1) is 11.3 Å². The van der Waals surface area contributed by atoms with Crippen molar-refractivity contribution in [3.8, 4) is 22.4 Å². The van der Waals surface area contributed by atoms with Crippen molar-refractivity contribution in [3.05, 3.63) is 97.1 Å². The number of benzene rings is 4. The third kappa shape index (κ3) is 3.23. The molecule has 0 saturated heterocycles. The topological polar surface area (TPSA) is 79.6 Å². The number of para-hydroxylation sites is 2. The van der Waals surface area contributed by atoms with Gasteiger partial charge in [-0.05, 0) is 59.7 Å². The molecule has 2 N–H and O–H groups in total. The molecule has 0 spiro atoms. The number of pyridine rings is 1. The molecule has 0 unspecified atom stereocenters. The van der Waals surface area contributed by atoms with E-state index in [2.05, 4.69) is 4.98 Å². The molecular weight excluding hydrogens is 437 g/mol. The monoisotopic (exact) mass is 455 g/mol. The van der Waals surface area contributed by atoms with E-state index in [0.29, 0.717) is 5.69 Å². The van der Waals surface area contributed by atoms with Crippen molar-refractivity contribution < 1.29 is 18.9 Å². The minimum Gasteiger partial charge on any atom is -0.456 e. The Bertz CT molecular complexity index is 1770. The number of rotatable bonds is 3. The Kier molecular flexibility index (Phi) is 4.33. The van der Waals surface area contributed by atoms with Crippen LogP contribution in [0, 0.1) is 0 Å². The van der Waals surface area contributed by atoms with Gasteiger partial charge in [-0.2, -0.15) is 0 Å². The first-order valence-electron chi connectivity index (χ1n) is 11.4. The van der Waals surface area contributed by atoms with Gasteiger partial charge in [-0.3, -0.25) is 4.98 Å². The summed E-state index contributed by atoms with van der Waals surface area (Å²) < 4.78 is 12.1. The molecule has 0 aliphatic carbocycles. The van der Waals surface area contributed by atoms with Gasteiger partial charge in [0.25, 0.3) is 0 Å². The second-order valence-corrected chi connectivity index (χ2v) is 8.66. The maximum atomic E-state index is 9.96. The number of fused-ring (bicyclic) bond motifs is 6. The largest absolute Gasteiger partial charge is 0.508 e. The number of furan rings is 2. The van der Waals surface area contributed by atoms with Gasteiger partial charge < -0.3 is 18.9 Å². The van der Waals surface area contributed by atoms with E-state index in [1.54, 1.807) is 6.07 Å². The van der Waals surface area contributed by atoms with Crippen molar-refractivity contribution in [1.29, 1.82) is 0 Å². The maximum absolute atomic E-state index is 9.96. The molecule has 0 radical (unpaired) electrons. The van der Waals surface area contributed by atoms with Crippen molar-refractivity contribution in [2.75, 3.05) is 0 Å². The van der Waals surface area contributed by atoms with Crippen LogP contribution in [0.4, 0.5) is 0 Å². The highest BCUT2D eigenvalue weighted by Crippen LogP contribution is 2.34. The van der Waals surface area contributed by atoms with Gasteiger partial charge in [0.15, 0.2) is 0 Å². The van der Waals surface area contributed by atoms with E-state index < -0.39 is 7.12 Å². The van der Waals surface area contributed by atoms with E-state index in [1.807, 2.05) is 91.0 Å². The molecule has 166 valence electrons. The van der Waals surface area contributed by atoms with Gasteiger partial charge in [-0.25, -0.2) is 0 Å². The molecule has 6 heteroatoms. The van der Waals surface area contributed by atoms with Crippen molar-refractivity contribution in [3.63, 3.8) is 0 Å². The fraction of sp³-hybridized carbons (Fsp3) is 0. The molecule has 7 rings (SSSR count). The summed E-state index contributed by atoms with van der Waals surface area (Å²) in [4.78, 5) is 4.52. The Morgan fingerprint density at radius 1 is 0.514 bits per heavy atom. The highest BCUT2D eigenvalue weighted by molar-refractivity contribution is 6.57. The molecule has 3 heterocycles. The molecule has 3 aromatic heterocycles.